The molecule has 0 aromatic carbocycles. The van der Waals surface area contributed by atoms with Crippen molar-refractivity contribution >= 4 is 12.4 Å². The van der Waals surface area contributed by atoms with E-state index >= 15 is 0 Å². The maximum atomic E-state index is 11.4. The minimum atomic E-state index is -0.608. The van der Waals surface area contributed by atoms with Crippen molar-refractivity contribution in [1.29, 1.82) is 0 Å². The van der Waals surface area contributed by atoms with Gasteiger partial charge in [0.05, 0.1) is 11.8 Å². The first-order chi connectivity index (χ1) is 7.42. The highest BCUT2D eigenvalue weighted by atomic mass is 16.6. The van der Waals surface area contributed by atoms with Gasteiger partial charge in [-0.2, -0.15) is 0 Å². The van der Waals surface area contributed by atoms with Crippen LogP contribution in [-0.4, -0.2) is 22.9 Å². The zero-order valence-corrected chi connectivity index (χ0v) is 9.48. The second-order valence-electron chi connectivity index (χ2n) is 4.30. The van der Waals surface area contributed by atoms with Gasteiger partial charge in [0, 0.05) is 11.7 Å². The van der Waals surface area contributed by atoms with E-state index in [1.807, 2.05) is 20.8 Å². The Morgan fingerprint density at radius 1 is 1.50 bits per heavy atom. The second-order valence-corrected chi connectivity index (χ2v) is 4.30. The fraction of sp³-hybridized carbons (Fsp3) is 0.364. The predicted molar refractivity (Wildman–Crippen MR) is 58.5 cm³/mol. The molecule has 0 aliphatic carbocycles. The molecule has 0 saturated carbocycles. The van der Waals surface area contributed by atoms with E-state index in [1.165, 1.54) is 18.5 Å². The Morgan fingerprint density at radius 3 is 2.75 bits per heavy atom. The summed E-state index contributed by atoms with van der Waals surface area (Å²) in [5.74, 6) is 0.152. The third kappa shape index (κ3) is 3.68. The summed E-state index contributed by atoms with van der Waals surface area (Å²) in [6.45, 7) is 5.49. The summed E-state index contributed by atoms with van der Waals surface area (Å²) in [4.78, 5) is 25.9. The van der Waals surface area contributed by atoms with Gasteiger partial charge in [-0.1, -0.05) is 0 Å². The number of hydrogen-bond donors (Lipinski definition) is 1. The Morgan fingerprint density at radius 2 is 2.19 bits per heavy atom. The number of nitrogens with one attached hydrogen (secondary N) is 1. The highest BCUT2D eigenvalue weighted by Crippen LogP contribution is 2.14. The van der Waals surface area contributed by atoms with E-state index in [-0.39, 0.29) is 11.3 Å². The van der Waals surface area contributed by atoms with Crippen LogP contribution in [0, 0.1) is 0 Å². The summed E-state index contributed by atoms with van der Waals surface area (Å²) in [5.41, 5.74) is -0.0975. The lowest BCUT2D eigenvalue weighted by atomic mass is 10.1. The van der Waals surface area contributed by atoms with Crippen molar-refractivity contribution in [3.8, 4) is 5.75 Å². The van der Waals surface area contributed by atoms with E-state index in [0.29, 0.717) is 11.8 Å². The van der Waals surface area contributed by atoms with Gasteiger partial charge in [0.1, 0.15) is 0 Å². The molecule has 0 radical (unpaired) electrons. The number of nitrogens with zero attached hydrogens (tertiary/aromatic N) is 1. The number of carbonyl (C=O) groups excluding carboxylic acids is 2. The monoisotopic (exact) mass is 222 g/mol. The van der Waals surface area contributed by atoms with Crippen molar-refractivity contribution in [2.24, 2.45) is 0 Å². The zero-order valence-electron chi connectivity index (χ0n) is 9.48. The van der Waals surface area contributed by atoms with Gasteiger partial charge < -0.3 is 10.1 Å². The van der Waals surface area contributed by atoms with Gasteiger partial charge >= 0.3 is 6.09 Å². The molecule has 0 fully saturated rings. The molecule has 1 rings (SSSR count). The molecule has 0 aliphatic rings. The van der Waals surface area contributed by atoms with Crippen LogP contribution < -0.4 is 10.1 Å². The molecule has 1 aromatic rings. The Balaban J connectivity index is 2.73. The zero-order chi connectivity index (χ0) is 12.2. The lowest BCUT2D eigenvalue weighted by molar-refractivity contribution is 0.112. The maximum absolute atomic E-state index is 11.4. The molecular formula is C11H14N2O3. The van der Waals surface area contributed by atoms with Gasteiger partial charge in [0.25, 0.3) is 0 Å². The van der Waals surface area contributed by atoms with Crippen LogP contribution in [0.4, 0.5) is 4.79 Å². The number of rotatable bonds is 2. The van der Waals surface area contributed by atoms with E-state index in [0.717, 1.165) is 0 Å². The fourth-order valence-electron chi connectivity index (χ4n) is 1.00. The molecule has 86 valence electrons. The van der Waals surface area contributed by atoms with Crippen LogP contribution in [0.15, 0.2) is 18.5 Å². The molecule has 1 N–H and O–H groups in total. The topological polar surface area (TPSA) is 68.3 Å². The first kappa shape index (κ1) is 12.2. The number of amides is 1. The molecule has 1 aromatic heterocycles. The van der Waals surface area contributed by atoms with Crippen molar-refractivity contribution in [3.05, 3.63) is 24.0 Å². The van der Waals surface area contributed by atoms with E-state index in [4.69, 9.17) is 4.74 Å². The van der Waals surface area contributed by atoms with Crippen molar-refractivity contribution in [2.75, 3.05) is 0 Å². The number of pyridine rings is 1. The van der Waals surface area contributed by atoms with Gasteiger partial charge in [-0.3, -0.25) is 9.78 Å². The van der Waals surface area contributed by atoms with Gasteiger partial charge in [-0.05, 0) is 26.8 Å². The maximum Gasteiger partial charge on any atom is 0.413 e. The molecule has 0 aliphatic heterocycles. The smallest absolute Gasteiger partial charge is 0.408 e. The Kier molecular flexibility index (Phi) is 3.60. The van der Waals surface area contributed by atoms with Crippen LogP contribution in [0.25, 0.3) is 0 Å². The van der Waals surface area contributed by atoms with Gasteiger partial charge in [0.15, 0.2) is 12.0 Å². The van der Waals surface area contributed by atoms with Crippen LogP contribution in [-0.2, 0) is 0 Å². The summed E-state index contributed by atoms with van der Waals surface area (Å²) >= 11 is 0. The van der Waals surface area contributed by atoms with Crippen molar-refractivity contribution in [3.63, 3.8) is 0 Å². The summed E-state index contributed by atoms with van der Waals surface area (Å²) in [6.07, 6.45) is 2.79. The van der Waals surface area contributed by atoms with Crippen LogP contribution in [0.5, 0.6) is 5.75 Å². The average molecular weight is 222 g/mol. The molecule has 16 heavy (non-hydrogen) atoms. The number of carbonyl (C=O) groups is 2. The lowest BCUT2D eigenvalue weighted by Gasteiger charge is -2.19. The molecule has 1 amide bonds. The Bertz CT molecular complexity index is 396. The third-order valence-electron chi connectivity index (χ3n) is 1.62. The molecule has 0 saturated heterocycles. The van der Waals surface area contributed by atoms with Crippen LogP contribution in [0.2, 0.25) is 0 Å². The SMILES string of the molecule is CC(C)(C)NC(=O)Oc1cnccc1C=O. The molecule has 0 atom stereocenters. The van der Waals surface area contributed by atoms with Crippen molar-refractivity contribution in [2.45, 2.75) is 26.3 Å². The summed E-state index contributed by atoms with van der Waals surface area (Å²) in [5, 5.41) is 2.61. The molecule has 5 nitrogen and oxygen atoms in total. The van der Waals surface area contributed by atoms with E-state index in [1.54, 1.807) is 0 Å². The van der Waals surface area contributed by atoms with Gasteiger partial charge in [-0.15, -0.1) is 0 Å². The number of hydrogen-bond acceptors (Lipinski definition) is 4. The summed E-state index contributed by atoms with van der Waals surface area (Å²) in [7, 11) is 0. The fourth-order valence-corrected chi connectivity index (χ4v) is 1.00. The van der Waals surface area contributed by atoms with Gasteiger partial charge in [0.2, 0.25) is 0 Å². The summed E-state index contributed by atoms with van der Waals surface area (Å²) in [6, 6.07) is 1.48. The average Bonchev–Trinajstić information content (AvgIpc) is 2.15. The van der Waals surface area contributed by atoms with E-state index < -0.39 is 6.09 Å². The first-order valence-electron chi connectivity index (χ1n) is 4.81. The number of aromatic nitrogens is 1. The van der Waals surface area contributed by atoms with Crippen molar-refractivity contribution < 1.29 is 14.3 Å². The number of aldehydes is 1. The molecule has 0 bridgehead atoms. The molecular weight excluding hydrogens is 208 g/mol. The minimum absolute atomic E-state index is 0.152. The van der Waals surface area contributed by atoms with Crippen LogP contribution in [0.1, 0.15) is 31.1 Å². The highest BCUT2D eigenvalue weighted by Gasteiger charge is 2.16. The first-order valence-corrected chi connectivity index (χ1v) is 4.81. The molecule has 1 heterocycles. The van der Waals surface area contributed by atoms with Crippen LogP contribution in [0.3, 0.4) is 0 Å². The van der Waals surface area contributed by atoms with Crippen molar-refractivity contribution in [1.82, 2.24) is 10.3 Å². The Hall–Kier alpha value is -1.91. The quantitative estimate of drug-likeness (QED) is 0.774. The highest BCUT2D eigenvalue weighted by molar-refractivity contribution is 5.81. The van der Waals surface area contributed by atoms with E-state index in [9.17, 15) is 9.59 Å². The predicted octanol–water partition coefficient (Wildman–Crippen LogP) is 1.78. The second kappa shape index (κ2) is 4.74. The Labute approximate surface area is 93.8 Å². The van der Waals surface area contributed by atoms with E-state index in [2.05, 4.69) is 10.3 Å². The normalized spacial score (nSPS) is 10.7. The number of ether oxygens (including phenoxy) is 1. The largest absolute Gasteiger partial charge is 0.413 e. The standard InChI is InChI=1S/C11H14N2O3/c1-11(2,3)13-10(15)16-9-6-12-5-4-8(9)7-14/h4-7H,1-3H3,(H,13,15). The molecule has 0 unspecified atom stereocenters. The van der Waals surface area contributed by atoms with Crippen LogP contribution >= 0.6 is 0 Å². The third-order valence-corrected chi connectivity index (χ3v) is 1.62. The molecule has 0 spiro atoms. The minimum Gasteiger partial charge on any atom is -0.408 e. The summed E-state index contributed by atoms with van der Waals surface area (Å²) < 4.78 is 4.97. The lowest BCUT2D eigenvalue weighted by Crippen LogP contribution is -2.42. The van der Waals surface area contributed by atoms with Gasteiger partial charge in [-0.25, -0.2) is 4.79 Å². The molecule has 5 heteroatoms.